The molecule has 1 unspecified atom stereocenters. The minimum Gasteiger partial charge on any atom is -0.312 e. The third-order valence-corrected chi connectivity index (χ3v) is 3.85. The fraction of sp³-hybridized carbons (Fsp3) is 0.357. The quantitative estimate of drug-likeness (QED) is 0.876. The number of pyridine rings is 1. The van der Waals surface area contributed by atoms with Crippen LogP contribution in [-0.2, 0) is 0 Å². The van der Waals surface area contributed by atoms with Crippen LogP contribution in [-0.4, -0.2) is 23.5 Å². The van der Waals surface area contributed by atoms with Crippen molar-refractivity contribution in [2.24, 2.45) is 0 Å². The zero-order valence-corrected chi connectivity index (χ0v) is 11.1. The van der Waals surface area contributed by atoms with Gasteiger partial charge in [-0.3, -0.25) is 4.98 Å². The molecule has 0 fully saturated rings. The Bertz CT molecular complexity index is 484. The second-order valence-electron chi connectivity index (χ2n) is 3.96. The topological polar surface area (TPSA) is 24.9 Å². The van der Waals surface area contributed by atoms with Crippen molar-refractivity contribution in [3.63, 3.8) is 0 Å². The molecular formula is C14H18N2S. The maximum atomic E-state index is 4.40. The first-order valence-corrected chi connectivity index (χ1v) is 7.10. The van der Waals surface area contributed by atoms with Gasteiger partial charge in [-0.05, 0) is 30.5 Å². The summed E-state index contributed by atoms with van der Waals surface area (Å²) in [5, 5.41) is 4.57. The van der Waals surface area contributed by atoms with E-state index in [9.17, 15) is 0 Å². The predicted octanol–water partition coefficient (Wildman–Crippen LogP) is 3.25. The number of benzene rings is 1. The fourth-order valence-electron chi connectivity index (χ4n) is 1.88. The van der Waals surface area contributed by atoms with Gasteiger partial charge in [-0.25, -0.2) is 0 Å². The van der Waals surface area contributed by atoms with Gasteiger partial charge in [0.2, 0.25) is 0 Å². The van der Waals surface area contributed by atoms with Crippen LogP contribution in [0.5, 0.6) is 0 Å². The van der Waals surface area contributed by atoms with Gasteiger partial charge in [0.1, 0.15) is 0 Å². The maximum absolute atomic E-state index is 4.40. The van der Waals surface area contributed by atoms with Crippen LogP contribution in [0.15, 0.2) is 36.5 Å². The van der Waals surface area contributed by atoms with Gasteiger partial charge in [0.15, 0.2) is 0 Å². The molecule has 90 valence electrons. The van der Waals surface area contributed by atoms with E-state index < -0.39 is 0 Å². The van der Waals surface area contributed by atoms with Crippen molar-refractivity contribution in [2.75, 3.05) is 18.6 Å². The van der Waals surface area contributed by atoms with Gasteiger partial charge in [0.25, 0.3) is 0 Å². The highest BCUT2D eigenvalue weighted by atomic mass is 32.2. The largest absolute Gasteiger partial charge is 0.312 e. The van der Waals surface area contributed by atoms with Gasteiger partial charge in [-0.1, -0.05) is 25.1 Å². The summed E-state index contributed by atoms with van der Waals surface area (Å²) in [6.45, 7) is 2.19. The first kappa shape index (κ1) is 12.4. The Hall–Kier alpha value is -1.06. The molecular weight excluding hydrogens is 228 g/mol. The summed E-state index contributed by atoms with van der Waals surface area (Å²) in [5.41, 5.74) is 2.39. The molecule has 2 rings (SSSR count). The van der Waals surface area contributed by atoms with E-state index in [1.807, 2.05) is 31.1 Å². The molecule has 0 saturated carbocycles. The lowest BCUT2D eigenvalue weighted by molar-refractivity contribution is 0.662. The van der Waals surface area contributed by atoms with Gasteiger partial charge >= 0.3 is 0 Å². The van der Waals surface area contributed by atoms with Crippen LogP contribution in [0.3, 0.4) is 0 Å². The standard InChI is InChI=1S/C14H18N2S/c1-3-17-10-14(15-2)12-7-6-11-5-4-8-16-13(11)9-12/h4-9,14-15H,3,10H2,1-2H3. The van der Waals surface area contributed by atoms with Gasteiger partial charge < -0.3 is 5.32 Å². The van der Waals surface area contributed by atoms with Gasteiger partial charge in [0.05, 0.1) is 5.52 Å². The van der Waals surface area contributed by atoms with Crippen LogP contribution in [0.1, 0.15) is 18.5 Å². The number of nitrogens with one attached hydrogen (secondary N) is 1. The number of nitrogens with zero attached hydrogens (tertiary/aromatic N) is 1. The van der Waals surface area contributed by atoms with Crippen LogP contribution in [0.2, 0.25) is 0 Å². The molecule has 0 bridgehead atoms. The minimum atomic E-state index is 0.409. The molecule has 0 aliphatic rings. The zero-order chi connectivity index (χ0) is 12.1. The van der Waals surface area contributed by atoms with Gasteiger partial charge in [-0.2, -0.15) is 11.8 Å². The van der Waals surface area contributed by atoms with E-state index in [0.29, 0.717) is 6.04 Å². The molecule has 0 aliphatic carbocycles. The molecule has 1 aromatic heterocycles. The number of fused-ring (bicyclic) bond motifs is 1. The van der Waals surface area contributed by atoms with Crippen molar-refractivity contribution in [3.05, 3.63) is 42.1 Å². The Morgan fingerprint density at radius 1 is 1.35 bits per heavy atom. The minimum absolute atomic E-state index is 0.409. The number of rotatable bonds is 5. The highest BCUT2D eigenvalue weighted by Gasteiger charge is 2.09. The summed E-state index contributed by atoms with van der Waals surface area (Å²) in [6.07, 6.45) is 1.85. The van der Waals surface area contributed by atoms with E-state index in [1.54, 1.807) is 0 Å². The number of hydrogen-bond donors (Lipinski definition) is 1. The molecule has 2 aromatic rings. The zero-order valence-electron chi connectivity index (χ0n) is 10.3. The number of hydrogen-bond acceptors (Lipinski definition) is 3. The first-order chi connectivity index (χ1) is 8.35. The molecule has 1 atom stereocenters. The lowest BCUT2D eigenvalue weighted by Crippen LogP contribution is -2.18. The first-order valence-electron chi connectivity index (χ1n) is 5.95. The third-order valence-electron chi connectivity index (χ3n) is 2.87. The van der Waals surface area contributed by atoms with Crippen LogP contribution in [0, 0.1) is 0 Å². The summed E-state index contributed by atoms with van der Waals surface area (Å²) >= 11 is 1.96. The van der Waals surface area contributed by atoms with E-state index in [1.165, 1.54) is 10.9 Å². The van der Waals surface area contributed by atoms with Crippen molar-refractivity contribution < 1.29 is 0 Å². The van der Waals surface area contributed by atoms with Crippen LogP contribution in [0.4, 0.5) is 0 Å². The molecule has 1 heterocycles. The SMILES string of the molecule is CCSCC(NC)c1ccc2cccnc2c1. The summed E-state index contributed by atoms with van der Waals surface area (Å²) in [6, 6.07) is 11.0. The van der Waals surface area contributed by atoms with Gasteiger partial charge in [0, 0.05) is 23.4 Å². The molecule has 17 heavy (non-hydrogen) atoms. The molecule has 0 saturated heterocycles. The Morgan fingerprint density at radius 3 is 3.00 bits per heavy atom. The Morgan fingerprint density at radius 2 is 2.24 bits per heavy atom. The van der Waals surface area contributed by atoms with E-state index in [0.717, 1.165) is 17.0 Å². The molecule has 0 radical (unpaired) electrons. The van der Waals surface area contributed by atoms with Crippen LogP contribution < -0.4 is 5.32 Å². The normalized spacial score (nSPS) is 12.8. The Balaban J connectivity index is 2.27. The lowest BCUT2D eigenvalue weighted by atomic mass is 10.1. The number of aromatic nitrogens is 1. The average molecular weight is 246 g/mol. The van der Waals surface area contributed by atoms with Gasteiger partial charge in [-0.15, -0.1) is 0 Å². The molecule has 2 nitrogen and oxygen atoms in total. The summed E-state index contributed by atoms with van der Waals surface area (Å²) < 4.78 is 0. The summed E-state index contributed by atoms with van der Waals surface area (Å²) in [5.74, 6) is 2.26. The van der Waals surface area contributed by atoms with E-state index in [-0.39, 0.29) is 0 Å². The molecule has 0 amide bonds. The van der Waals surface area contributed by atoms with Crippen LogP contribution >= 0.6 is 11.8 Å². The highest BCUT2D eigenvalue weighted by Crippen LogP contribution is 2.21. The Labute approximate surface area is 107 Å². The average Bonchev–Trinajstić information content (AvgIpc) is 2.39. The molecule has 0 spiro atoms. The van der Waals surface area contributed by atoms with Crippen molar-refractivity contribution in [2.45, 2.75) is 13.0 Å². The maximum Gasteiger partial charge on any atom is 0.0705 e. The van der Waals surface area contributed by atoms with E-state index in [4.69, 9.17) is 0 Å². The fourth-order valence-corrected chi connectivity index (χ4v) is 2.71. The molecule has 1 N–H and O–H groups in total. The highest BCUT2D eigenvalue weighted by molar-refractivity contribution is 7.99. The van der Waals surface area contributed by atoms with E-state index >= 15 is 0 Å². The summed E-state index contributed by atoms with van der Waals surface area (Å²) in [4.78, 5) is 4.40. The molecule has 0 aliphatic heterocycles. The molecule has 1 aromatic carbocycles. The lowest BCUT2D eigenvalue weighted by Gasteiger charge is -2.16. The number of thioether (sulfide) groups is 1. The van der Waals surface area contributed by atoms with Crippen molar-refractivity contribution in [1.82, 2.24) is 10.3 Å². The second-order valence-corrected chi connectivity index (χ2v) is 5.28. The van der Waals surface area contributed by atoms with Crippen molar-refractivity contribution in [1.29, 1.82) is 0 Å². The van der Waals surface area contributed by atoms with Crippen molar-refractivity contribution >= 4 is 22.7 Å². The van der Waals surface area contributed by atoms with Crippen LogP contribution in [0.25, 0.3) is 10.9 Å². The smallest absolute Gasteiger partial charge is 0.0705 e. The van der Waals surface area contributed by atoms with Crippen molar-refractivity contribution in [3.8, 4) is 0 Å². The Kier molecular flexibility index (Phi) is 4.40. The van der Waals surface area contributed by atoms with E-state index in [2.05, 4.69) is 41.5 Å². The third kappa shape index (κ3) is 2.99. The summed E-state index contributed by atoms with van der Waals surface area (Å²) in [7, 11) is 2.02. The monoisotopic (exact) mass is 246 g/mol. The predicted molar refractivity (Wildman–Crippen MR) is 76.5 cm³/mol. The molecule has 3 heteroatoms. The second kappa shape index (κ2) is 6.03.